The number of aromatic nitrogens is 2. The molecule has 2 aromatic carbocycles. The van der Waals surface area contributed by atoms with E-state index in [2.05, 4.69) is 15.3 Å². The summed E-state index contributed by atoms with van der Waals surface area (Å²) >= 11 is 0. The molecule has 0 bridgehead atoms. The summed E-state index contributed by atoms with van der Waals surface area (Å²) in [6.45, 7) is 0.434. The number of ether oxygens (including phenoxy) is 1. The fourth-order valence-electron chi connectivity index (χ4n) is 3.02. The van der Waals surface area contributed by atoms with Crippen LogP contribution in [0.15, 0.2) is 48.7 Å². The van der Waals surface area contributed by atoms with Gasteiger partial charge in [-0.15, -0.1) is 0 Å². The predicted molar refractivity (Wildman–Crippen MR) is 116 cm³/mol. The highest BCUT2D eigenvalue weighted by molar-refractivity contribution is 5.84. The molecule has 0 aliphatic heterocycles. The summed E-state index contributed by atoms with van der Waals surface area (Å²) in [5, 5.41) is 31.9. The summed E-state index contributed by atoms with van der Waals surface area (Å²) in [6.07, 6.45) is 2.48. The Labute approximate surface area is 179 Å². The van der Waals surface area contributed by atoms with Gasteiger partial charge in [0.05, 0.1) is 12.8 Å². The Balaban J connectivity index is 1.91. The van der Waals surface area contributed by atoms with Crippen LogP contribution in [0.3, 0.4) is 0 Å². The van der Waals surface area contributed by atoms with Crippen LogP contribution in [0.2, 0.25) is 0 Å². The van der Waals surface area contributed by atoms with Crippen molar-refractivity contribution in [2.24, 2.45) is 5.73 Å². The Morgan fingerprint density at radius 2 is 1.90 bits per heavy atom. The first kappa shape index (κ1) is 21.8. The van der Waals surface area contributed by atoms with Crippen LogP contribution in [-0.4, -0.2) is 51.0 Å². The molecule has 0 radical (unpaired) electrons. The number of carbonyl (C=O) groups is 1. The molecule has 0 aliphatic rings. The lowest BCUT2D eigenvalue weighted by atomic mass is 10.00. The smallest absolute Gasteiger partial charge is 0.320 e. The lowest BCUT2D eigenvalue weighted by Gasteiger charge is -2.14. The Morgan fingerprint density at radius 3 is 2.55 bits per heavy atom. The van der Waals surface area contributed by atoms with E-state index >= 15 is 0 Å². The van der Waals surface area contributed by atoms with Crippen molar-refractivity contribution in [2.45, 2.75) is 18.9 Å². The number of nitrogens with one attached hydrogen (secondary N) is 1. The van der Waals surface area contributed by atoms with Gasteiger partial charge in [0.1, 0.15) is 23.3 Å². The molecule has 162 valence electrons. The Kier molecular flexibility index (Phi) is 6.88. The van der Waals surface area contributed by atoms with Crippen LogP contribution < -0.4 is 15.8 Å². The molecular weight excluding hydrogens is 400 g/mol. The van der Waals surface area contributed by atoms with Crippen molar-refractivity contribution in [3.05, 3.63) is 48.7 Å². The molecule has 0 fully saturated rings. The third-order valence-corrected chi connectivity index (χ3v) is 4.72. The maximum Gasteiger partial charge on any atom is 0.320 e. The van der Waals surface area contributed by atoms with Crippen molar-refractivity contribution in [1.82, 2.24) is 9.97 Å². The normalized spacial score (nSPS) is 11.7. The van der Waals surface area contributed by atoms with Gasteiger partial charge in [-0.2, -0.15) is 0 Å². The van der Waals surface area contributed by atoms with Crippen molar-refractivity contribution in [2.75, 3.05) is 19.0 Å². The fraction of sp³-hybridized carbons (Fsp3) is 0.227. The number of hydrogen-bond donors (Lipinski definition) is 5. The third-order valence-electron chi connectivity index (χ3n) is 4.72. The number of phenols is 2. The van der Waals surface area contributed by atoms with Gasteiger partial charge in [-0.05, 0) is 42.7 Å². The predicted octanol–water partition coefficient (Wildman–Crippen LogP) is 2.83. The van der Waals surface area contributed by atoms with E-state index in [1.54, 1.807) is 19.4 Å². The number of carboxylic acids is 1. The number of nitrogens with zero attached hydrogens (tertiary/aromatic N) is 2. The second kappa shape index (κ2) is 9.77. The maximum absolute atomic E-state index is 10.8. The standard InChI is InChI=1S/C22H24N4O5/c1-31-15-7-4-13(5-8-15)17-12-25-22(24-10-2-3-18(23)21(29)30)26-20(17)16-9-6-14(27)11-19(16)28/h4-9,11-12,18,27-28H,2-3,10,23H2,1H3,(H,29,30)(H,24,25,26). The number of hydrogen-bond acceptors (Lipinski definition) is 8. The molecule has 9 nitrogen and oxygen atoms in total. The number of methoxy groups -OCH3 is 1. The van der Waals surface area contributed by atoms with Gasteiger partial charge in [0.25, 0.3) is 0 Å². The second-order valence-corrected chi connectivity index (χ2v) is 6.90. The summed E-state index contributed by atoms with van der Waals surface area (Å²) in [6, 6.07) is 10.7. The SMILES string of the molecule is COc1ccc(-c2cnc(NCCCC(N)C(=O)O)nc2-c2ccc(O)cc2O)cc1. The highest BCUT2D eigenvalue weighted by Gasteiger charge is 2.16. The Morgan fingerprint density at radius 1 is 1.16 bits per heavy atom. The van der Waals surface area contributed by atoms with E-state index in [-0.39, 0.29) is 11.5 Å². The van der Waals surface area contributed by atoms with E-state index in [1.165, 1.54) is 12.1 Å². The molecule has 3 rings (SSSR count). The van der Waals surface area contributed by atoms with Crippen molar-refractivity contribution in [1.29, 1.82) is 0 Å². The van der Waals surface area contributed by atoms with Crippen LogP contribution in [0.1, 0.15) is 12.8 Å². The Bertz CT molecular complexity index is 1060. The van der Waals surface area contributed by atoms with E-state index < -0.39 is 12.0 Å². The van der Waals surface area contributed by atoms with Crippen molar-refractivity contribution < 1.29 is 24.9 Å². The number of nitrogens with two attached hydrogens (primary N) is 1. The average molecular weight is 424 g/mol. The highest BCUT2D eigenvalue weighted by atomic mass is 16.5. The topological polar surface area (TPSA) is 151 Å². The van der Waals surface area contributed by atoms with Crippen LogP contribution in [0.25, 0.3) is 22.4 Å². The van der Waals surface area contributed by atoms with Crippen LogP contribution in [0.4, 0.5) is 5.95 Å². The van der Waals surface area contributed by atoms with E-state index in [9.17, 15) is 15.0 Å². The van der Waals surface area contributed by atoms with E-state index in [1.807, 2.05) is 24.3 Å². The third kappa shape index (κ3) is 5.40. The number of anilines is 1. The minimum Gasteiger partial charge on any atom is -0.508 e. The van der Waals surface area contributed by atoms with Gasteiger partial charge in [0, 0.05) is 29.9 Å². The number of carboxylic acid groups (broad SMARTS) is 1. The van der Waals surface area contributed by atoms with E-state index in [0.717, 1.165) is 5.56 Å². The number of aromatic hydroxyl groups is 2. The summed E-state index contributed by atoms with van der Waals surface area (Å²) in [5.41, 5.74) is 7.92. The van der Waals surface area contributed by atoms with Gasteiger partial charge >= 0.3 is 5.97 Å². The summed E-state index contributed by atoms with van der Waals surface area (Å²) < 4.78 is 5.20. The summed E-state index contributed by atoms with van der Waals surface area (Å²) in [5.74, 6) is -0.188. The van der Waals surface area contributed by atoms with Crippen molar-refractivity contribution in [3.8, 4) is 39.6 Å². The van der Waals surface area contributed by atoms with Gasteiger partial charge in [0.15, 0.2) is 0 Å². The largest absolute Gasteiger partial charge is 0.508 e. The first-order valence-corrected chi connectivity index (χ1v) is 9.65. The van der Waals surface area contributed by atoms with Crippen molar-refractivity contribution >= 4 is 11.9 Å². The molecule has 9 heteroatoms. The molecule has 0 amide bonds. The molecular formula is C22H24N4O5. The number of benzene rings is 2. The Hall–Kier alpha value is -3.85. The monoisotopic (exact) mass is 424 g/mol. The lowest BCUT2D eigenvalue weighted by Crippen LogP contribution is -2.30. The average Bonchev–Trinajstić information content (AvgIpc) is 2.76. The van der Waals surface area contributed by atoms with Crippen LogP contribution in [0.5, 0.6) is 17.2 Å². The number of aliphatic carboxylic acids is 1. The molecule has 1 heterocycles. The molecule has 0 spiro atoms. The molecule has 1 aromatic heterocycles. The van der Waals surface area contributed by atoms with Crippen LogP contribution in [-0.2, 0) is 4.79 Å². The molecule has 31 heavy (non-hydrogen) atoms. The zero-order valence-corrected chi connectivity index (χ0v) is 16.9. The minimum absolute atomic E-state index is 0.0607. The summed E-state index contributed by atoms with van der Waals surface area (Å²) in [4.78, 5) is 19.7. The molecule has 0 aliphatic carbocycles. The second-order valence-electron chi connectivity index (χ2n) is 6.90. The summed E-state index contributed by atoms with van der Waals surface area (Å²) in [7, 11) is 1.59. The molecule has 0 saturated heterocycles. The maximum atomic E-state index is 10.8. The lowest BCUT2D eigenvalue weighted by molar-refractivity contribution is -0.138. The molecule has 1 unspecified atom stereocenters. The van der Waals surface area contributed by atoms with Gasteiger partial charge in [-0.1, -0.05) is 12.1 Å². The molecule has 3 aromatic rings. The van der Waals surface area contributed by atoms with Crippen molar-refractivity contribution in [3.63, 3.8) is 0 Å². The fourth-order valence-corrected chi connectivity index (χ4v) is 3.02. The first-order chi connectivity index (χ1) is 14.9. The van der Waals surface area contributed by atoms with Gasteiger partial charge in [0.2, 0.25) is 5.95 Å². The minimum atomic E-state index is -1.04. The van der Waals surface area contributed by atoms with Crippen LogP contribution >= 0.6 is 0 Å². The van der Waals surface area contributed by atoms with Gasteiger partial charge in [-0.3, -0.25) is 4.79 Å². The first-order valence-electron chi connectivity index (χ1n) is 9.65. The van der Waals surface area contributed by atoms with Crippen LogP contribution in [0, 0.1) is 0 Å². The number of phenolic OH excluding ortho intramolecular Hbond substituents is 2. The van der Waals surface area contributed by atoms with Gasteiger partial charge < -0.3 is 31.1 Å². The molecule has 1 atom stereocenters. The zero-order valence-electron chi connectivity index (χ0n) is 16.9. The van der Waals surface area contributed by atoms with E-state index in [0.29, 0.717) is 47.9 Å². The highest BCUT2D eigenvalue weighted by Crippen LogP contribution is 2.37. The molecule has 6 N–H and O–H groups in total. The van der Waals surface area contributed by atoms with Gasteiger partial charge in [-0.25, -0.2) is 9.97 Å². The quantitative estimate of drug-likeness (QED) is 0.327. The zero-order chi connectivity index (χ0) is 22.4. The molecule has 0 saturated carbocycles. The van der Waals surface area contributed by atoms with E-state index in [4.69, 9.17) is 15.6 Å². The number of rotatable bonds is 9.